The van der Waals surface area contributed by atoms with E-state index in [-0.39, 0.29) is 6.61 Å². The number of pyridine rings is 1. The van der Waals surface area contributed by atoms with Crippen LogP contribution in [0.3, 0.4) is 0 Å². The minimum Gasteiger partial charge on any atom is -0.392 e. The topological polar surface area (TPSA) is 56.6 Å². The molecular formula is C12H17ClN2O2. The molecule has 5 heteroatoms. The van der Waals surface area contributed by atoms with Gasteiger partial charge in [-0.25, -0.2) is 4.98 Å². The first-order valence-corrected chi connectivity index (χ1v) is 6.12. The molecule has 2 N–H and O–H groups in total. The molecular weight excluding hydrogens is 240 g/mol. The third-order valence-electron chi connectivity index (χ3n) is 3.20. The van der Waals surface area contributed by atoms with E-state index in [1.807, 2.05) is 6.92 Å². The molecule has 0 aromatic carbocycles. The Labute approximate surface area is 106 Å². The first-order chi connectivity index (χ1) is 8.02. The Bertz CT molecular complexity index is 399. The standard InChI is InChI=1S/C12H17ClN2O2/c1-12(17)2-4-15(5-3-12)11-10(13)6-9(8-16)7-14-11/h6-7,16-17H,2-5,8H2,1H3. The molecule has 94 valence electrons. The smallest absolute Gasteiger partial charge is 0.147 e. The first kappa shape index (κ1) is 12.6. The summed E-state index contributed by atoms with van der Waals surface area (Å²) in [5.74, 6) is 0.736. The van der Waals surface area contributed by atoms with Crippen LogP contribution >= 0.6 is 11.6 Å². The zero-order chi connectivity index (χ0) is 12.5. The molecule has 0 saturated carbocycles. The molecule has 1 aromatic rings. The minimum absolute atomic E-state index is 0.0539. The van der Waals surface area contributed by atoms with Crippen LogP contribution < -0.4 is 4.90 Å². The van der Waals surface area contributed by atoms with E-state index in [1.54, 1.807) is 12.3 Å². The van der Waals surface area contributed by atoms with E-state index in [1.165, 1.54) is 0 Å². The number of aromatic nitrogens is 1. The molecule has 0 unspecified atom stereocenters. The maximum Gasteiger partial charge on any atom is 0.147 e. The molecule has 0 radical (unpaired) electrons. The van der Waals surface area contributed by atoms with E-state index in [9.17, 15) is 5.11 Å². The minimum atomic E-state index is -0.575. The van der Waals surface area contributed by atoms with Crippen LogP contribution in [0, 0.1) is 0 Å². The summed E-state index contributed by atoms with van der Waals surface area (Å²) in [7, 11) is 0. The molecule has 0 spiro atoms. The second-order valence-electron chi connectivity index (χ2n) is 4.79. The summed E-state index contributed by atoms with van der Waals surface area (Å²) in [6.07, 6.45) is 3.06. The molecule has 1 aliphatic heterocycles. The number of hydrogen-bond donors (Lipinski definition) is 2. The van der Waals surface area contributed by atoms with E-state index in [0.29, 0.717) is 23.4 Å². The summed E-state index contributed by atoms with van der Waals surface area (Å²) in [4.78, 5) is 6.34. The Morgan fingerprint density at radius 1 is 1.47 bits per heavy atom. The Kier molecular flexibility index (Phi) is 3.56. The Morgan fingerprint density at radius 2 is 2.12 bits per heavy atom. The number of hydrogen-bond acceptors (Lipinski definition) is 4. The lowest BCUT2D eigenvalue weighted by Crippen LogP contribution is -2.42. The van der Waals surface area contributed by atoms with Gasteiger partial charge >= 0.3 is 0 Å². The van der Waals surface area contributed by atoms with Crippen LogP contribution in [0.5, 0.6) is 0 Å². The number of anilines is 1. The van der Waals surface area contributed by atoms with Gasteiger partial charge in [0.05, 0.1) is 17.2 Å². The molecule has 1 saturated heterocycles. The average molecular weight is 257 g/mol. The quantitative estimate of drug-likeness (QED) is 0.844. The second kappa shape index (κ2) is 4.80. The average Bonchev–Trinajstić information content (AvgIpc) is 2.29. The fourth-order valence-corrected chi connectivity index (χ4v) is 2.30. The van der Waals surface area contributed by atoms with Crippen molar-refractivity contribution in [3.05, 3.63) is 22.8 Å². The van der Waals surface area contributed by atoms with Crippen molar-refractivity contribution in [2.24, 2.45) is 0 Å². The van der Waals surface area contributed by atoms with Crippen LogP contribution in [0.1, 0.15) is 25.3 Å². The highest BCUT2D eigenvalue weighted by molar-refractivity contribution is 6.33. The molecule has 1 aliphatic rings. The number of rotatable bonds is 2. The van der Waals surface area contributed by atoms with E-state index < -0.39 is 5.60 Å². The van der Waals surface area contributed by atoms with Crippen molar-refractivity contribution < 1.29 is 10.2 Å². The maximum atomic E-state index is 9.88. The first-order valence-electron chi connectivity index (χ1n) is 5.74. The zero-order valence-corrected chi connectivity index (χ0v) is 10.6. The van der Waals surface area contributed by atoms with Gasteiger partial charge in [-0.05, 0) is 31.4 Å². The van der Waals surface area contributed by atoms with Crippen molar-refractivity contribution in [3.63, 3.8) is 0 Å². The SMILES string of the molecule is CC1(O)CCN(c2ncc(CO)cc2Cl)CC1. The number of aliphatic hydroxyl groups excluding tert-OH is 1. The van der Waals surface area contributed by atoms with E-state index in [2.05, 4.69) is 9.88 Å². The van der Waals surface area contributed by atoms with E-state index >= 15 is 0 Å². The molecule has 0 aliphatic carbocycles. The molecule has 0 bridgehead atoms. The van der Waals surface area contributed by atoms with Gasteiger partial charge in [-0.2, -0.15) is 0 Å². The van der Waals surface area contributed by atoms with Crippen LogP contribution in [0.25, 0.3) is 0 Å². The predicted octanol–water partition coefficient (Wildman–Crippen LogP) is 1.58. The van der Waals surface area contributed by atoms with Gasteiger partial charge in [0.25, 0.3) is 0 Å². The molecule has 4 nitrogen and oxygen atoms in total. The summed E-state index contributed by atoms with van der Waals surface area (Å²) < 4.78 is 0. The number of aliphatic hydroxyl groups is 2. The van der Waals surface area contributed by atoms with Crippen LogP contribution in [-0.4, -0.2) is 33.9 Å². The van der Waals surface area contributed by atoms with Gasteiger partial charge in [-0.15, -0.1) is 0 Å². The Morgan fingerprint density at radius 3 is 2.65 bits per heavy atom. The van der Waals surface area contributed by atoms with Gasteiger partial charge < -0.3 is 15.1 Å². The van der Waals surface area contributed by atoms with Gasteiger partial charge in [0, 0.05) is 19.3 Å². The Hall–Kier alpha value is -0.840. The highest BCUT2D eigenvalue weighted by Gasteiger charge is 2.28. The lowest BCUT2D eigenvalue weighted by Gasteiger charge is -2.36. The highest BCUT2D eigenvalue weighted by Crippen LogP contribution is 2.29. The van der Waals surface area contributed by atoms with E-state index in [4.69, 9.17) is 16.7 Å². The van der Waals surface area contributed by atoms with Gasteiger partial charge in [-0.1, -0.05) is 11.6 Å². The molecule has 0 amide bonds. The van der Waals surface area contributed by atoms with Crippen molar-refractivity contribution in [2.75, 3.05) is 18.0 Å². The summed E-state index contributed by atoms with van der Waals surface area (Å²) >= 11 is 6.13. The summed E-state index contributed by atoms with van der Waals surface area (Å²) in [5, 5.41) is 19.4. The van der Waals surface area contributed by atoms with Crippen LogP contribution in [0.2, 0.25) is 5.02 Å². The predicted molar refractivity (Wildman–Crippen MR) is 67.2 cm³/mol. The van der Waals surface area contributed by atoms with Gasteiger partial charge in [-0.3, -0.25) is 0 Å². The lowest BCUT2D eigenvalue weighted by molar-refractivity contribution is 0.0350. The maximum absolute atomic E-state index is 9.88. The van der Waals surface area contributed by atoms with Crippen molar-refractivity contribution in [1.29, 1.82) is 0 Å². The molecule has 2 heterocycles. The third-order valence-corrected chi connectivity index (χ3v) is 3.48. The number of piperidine rings is 1. The van der Waals surface area contributed by atoms with Crippen LogP contribution in [-0.2, 0) is 6.61 Å². The fourth-order valence-electron chi connectivity index (χ4n) is 1.99. The zero-order valence-electron chi connectivity index (χ0n) is 9.86. The fraction of sp³-hybridized carbons (Fsp3) is 0.583. The van der Waals surface area contributed by atoms with Crippen molar-refractivity contribution >= 4 is 17.4 Å². The van der Waals surface area contributed by atoms with E-state index in [0.717, 1.165) is 18.9 Å². The van der Waals surface area contributed by atoms with Crippen molar-refractivity contribution in [2.45, 2.75) is 32.0 Å². The normalized spacial score (nSPS) is 19.4. The van der Waals surface area contributed by atoms with Gasteiger partial charge in [0.1, 0.15) is 5.82 Å². The van der Waals surface area contributed by atoms with Crippen LogP contribution in [0.15, 0.2) is 12.3 Å². The largest absolute Gasteiger partial charge is 0.392 e. The summed E-state index contributed by atoms with van der Waals surface area (Å²) in [6.45, 7) is 3.30. The lowest BCUT2D eigenvalue weighted by atomic mass is 9.94. The number of halogens is 1. The van der Waals surface area contributed by atoms with Crippen molar-refractivity contribution in [1.82, 2.24) is 4.98 Å². The number of nitrogens with zero attached hydrogens (tertiary/aromatic N) is 2. The van der Waals surface area contributed by atoms with Gasteiger partial charge in [0.2, 0.25) is 0 Å². The molecule has 0 atom stereocenters. The molecule has 1 aromatic heterocycles. The molecule has 1 fully saturated rings. The highest BCUT2D eigenvalue weighted by atomic mass is 35.5. The molecule has 17 heavy (non-hydrogen) atoms. The monoisotopic (exact) mass is 256 g/mol. The van der Waals surface area contributed by atoms with Crippen LogP contribution in [0.4, 0.5) is 5.82 Å². The summed E-state index contributed by atoms with van der Waals surface area (Å²) in [5.41, 5.74) is 0.136. The summed E-state index contributed by atoms with van der Waals surface area (Å²) in [6, 6.07) is 1.73. The van der Waals surface area contributed by atoms with Gasteiger partial charge in [0.15, 0.2) is 0 Å². The third kappa shape index (κ3) is 2.89. The Balaban J connectivity index is 2.13. The van der Waals surface area contributed by atoms with Crippen molar-refractivity contribution in [3.8, 4) is 0 Å². The molecule has 2 rings (SSSR count). The second-order valence-corrected chi connectivity index (χ2v) is 5.20.